The lowest BCUT2D eigenvalue weighted by molar-refractivity contribution is 0.568. The number of nitrogens with one attached hydrogen (secondary N) is 1. The van der Waals surface area contributed by atoms with Crippen LogP contribution in [0.4, 0.5) is 0 Å². The highest BCUT2D eigenvalue weighted by Gasteiger charge is 2.13. The minimum atomic E-state index is -0.350. The number of fused-ring (bicyclic) bond motifs is 3. The van der Waals surface area contributed by atoms with E-state index in [-0.39, 0.29) is 5.69 Å². The molecular weight excluding hydrogens is 280 g/mol. The van der Waals surface area contributed by atoms with Crippen LogP contribution in [0.25, 0.3) is 27.9 Å². The lowest BCUT2D eigenvalue weighted by Gasteiger charge is -1.99. The van der Waals surface area contributed by atoms with Gasteiger partial charge in [0.15, 0.2) is 11.5 Å². The van der Waals surface area contributed by atoms with Crippen LogP contribution in [0.15, 0.2) is 46.0 Å². The van der Waals surface area contributed by atoms with Crippen LogP contribution in [0.2, 0.25) is 5.02 Å². The van der Waals surface area contributed by atoms with Crippen molar-refractivity contribution in [2.75, 3.05) is 0 Å². The van der Waals surface area contributed by atoms with Gasteiger partial charge in [-0.2, -0.15) is 4.52 Å². The number of rotatable bonds is 1. The van der Waals surface area contributed by atoms with Crippen molar-refractivity contribution in [3.05, 3.63) is 52.3 Å². The van der Waals surface area contributed by atoms with E-state index in [9.17, 15) is 4.79 Å². The quantitative estimate of drug-likeness (QED) is 0.583. The van der Waals surface area contributed by atoms with E-state index in [4.69, 9.17) is 16.0 Å². The number of aromatic nitrogens is 4. The van der Waals surface area contributed by atoms with Gasteiger partial charge in [0.2, 0.25) is 0 Å². The van der Waals surface area contributed by atoms with Crippen LogP contribution in [-0.4, -0.2) is 19.6 Å². The summed E-state index contributed by atoms with van der Waals surface area (Å²) in [5, 5.41) is 5.50. The molecule has 1 N–H and O–H groups in total. The van der Waals surface area contributed by atoms with E-state index in [1.807, 2.05) is 0 Å². The molecule has 4 aromatic rings. The third-order valence-corrected chi connectivity index (χ3v) is 3.28. The first kappa shape index (κ1) is 11.2. The number of benzene rings is 1. The van der Waals surface area contributed by atoms with Gasteiger partial charge in [0.05, 0.1) is 17.3 Å². The van der Waals surface area contributed by atoms with Gasteiger partial charge in [-0.15, -0.1) is 5.10 Å². The molecule has 0 radical (unpaired) electrons. The summed E-state index contributed by atoms with van der Waals surface area (Å²) in [4.78, 5) is 19.1. The largest absolute Gasteiger partial charge is 0.472 e. The Kier molecular flexibility index (Phi) is 2.22. The number of hydrogen-bond acceptors (Lipinski definition) is 4. The third-order valence-electron chi connectivity index (χ3n) is 3.04. The summed E-state index contributed by atoms with van der Waals surface area (Å²) in [5.74, 6) is 0.428. The molecule has 0 bridgehead atoms. The zero-order chi connectivity index (χ0) is 13.7. The highest BCUT2D eigenvalue weighted by molar-refractivity contribution is 6.31. The number of H-pyrrole nitrogens is 1. The maximum atomic E-state index is 12.0. The van der Waals surface area contributed by atoms with E-state index in [0.29, 0.717) is 27.6 Å². The average Bonchev–Trinajstić information content (AvgIpc) is 3.08. The molecule has 0 unspecified atom stereocenters. The Morgan fingerprint density at radius 3 is 3.00 bits per heavy atom. The summed E-state index contributed by atoms with van der Waals surface area (Å²) >= 11 is 6.00. The molecule has 3 aromatic heterocycles. The average molecular weight is 287 g/mol. The van der Waals surface area contributed by atoms with Crippen molar-refractivity contribution in [1.82, 2.24) is 19.6 Å². The second kappa shape index (κ2) is 3.94. The molecular formula is C13H7ClN4O2. The molecule has 7 heteroatoms. The molecule has 1 aromatic carbocycles. The highest BCUT2D eigenvalue weighted by atomic mass is 35.5. The van der Waals surface area contributed by atoms with E-state index < -0.39 is 0 Å². The molecule has 20 heavy (non-hydrogen) atoms. The van der Waals surface area contributed by atoms with Crippen molar-refractivity contribution in [3.63, 3.8) is 0 Å². The predicted molar refractivity (Wildman–Crippen MR) is 73.8 cm³/mol. The molecule has 3 heterocycles. The fourth-order valence-electron chi connectivity index (χ4n) is 2.12. The monoisotopic (exact) mass is 286 g/mol. The minimum absolute atomic E-state index is 0.350. The van der Waals surface area contributed by atoms with Gasteiger partial charge in [-0.05, 0) is 24.3 Å². The Balaban J connectivity index is 2.15. The molecule has 0 aliphatic carbocycles. The topological polar surface area (TPSA) is 76.2 Å². The molecule has 4 rings (SSSR count). The van der Waals surface area contributed by atoms with E-state index in [0.717, 1.165) is 5.39 Å². The van der Waals surface area contributed by atoms with Gasteiger partial charge in [0, 0.05) is 10.4 Å². The van der Waals surface area contributed by atoms with Crippen molar-refractivity contribution >= 4 is 28.2 Å². The molecule has 0 atom stereocenters. The summed E-state index contributed by atoms with van der Waals surface area (Å²) in [5.41, 5.74) is 1.49. The lowest BCUT2D eigenvalue weighted by Crippen LogP contribution is -2.17. The number of halogens is 1. The van der Waals surface area contributed by atoms with E-state index in [1.54, 1.807) is 24.3 Å². The van der Waals surface area contributed by atoms with Crippen molar-refractivity contribution < 1.29 is 4.42 Å². The smallest absolute Gasteiger partial charge is 0.348 e. The molecule has 0 aliphatic heterocycles. The molecule has 0 spiro atoms. The summed E-state index contributed by atoms with van der Waals surface area (Å²) < 4.78 is 6.23. The number of furan rings is 1. The fourth-order valence-corrected chi connectivity index (χ4v) is 2.29. The normalized spacial score (nSPS) is 11.4. The number of nitrogens with zero attached hydrogens (tertiary/aromatic N) is 3. The van der Waals surface area contributed by atoms with Crippen LogP contribution in [0.3, 0.4) is 0 Å². The van der Waals surface area contributed by atoms with Gasteiger partial charge in [0.25, 0.3) is 0 Å². The van der Waals surface area contributed by atoms with Crippen LogP contribution >= 0.6 is 11.6 Å². The summed E-state index contributed by atoms with van der Waals surface area (Å²) in [6.07, 6.45) is 3.05. The van der Waals surface area contributed by atoms with Gasteiger partial charge in [-0.3, -0.25) is 0 Å². The summed E-state index contributed by atoms with van der Waals surface area (Å²) in [7, 11) is 0. The maximum Gasteiger partial charge on any atom is 0.348 e. The van der Waals surface area contributed by atoms with Crippen LogP contribution < -0.4 is 5.69 Å². The molecule has 0 saturated carbocycles. The van der Waals surface area contributed by atoms with Gasteiger partial charge in [-0.1, -0.05) is 11.6 Å². The molecule has 98 valence electrons. The first-order chi connectivity index (χ1) is 9.72. The standard InChI is InChI=1S/C13H7ClN4O2/c14-8-1-2-10-9(5-8)12-16-11(7-3-4-20-6-7)17-18(12)13(19)15-10/h1-6H,(H,15,19). The Morgan fingerprint density at radius 2 is 2.20 bits per heavy atom. The lowest BCUT2D eigenvalue weighted by atomic mass is 10.2. The van der Waals surface area contributed by atoms with Crippen LogP contribution in [0.1, 0.15) is 0 Å². The summed E-state index contributed by atoms with van der Waals surface area (Å²) in [6.45, 7) is 0. The second-order valence-corrected chi connectivity index (χ2v) is 4.74. The first-order valence-corrected chi connectivity index (χ1v) is 6.21. The van der Waals surface area contributed by atoms with Gasteiger partial charge >= 0.3 is 5.69 Å². The van der Waals surface area contributed by atoms with Crippen molar-refractivity contribution in [3.8, 4) is 11.4 Å². The number of hydrogen-bond donors (Lipinski definition) is 1. The Labute approximate surface area is 116 Å². The van der Waals surface area contributed by atoms with Crippen molar-refractivity contribution in [2.45, 2.75) is 0 Å². The number of aromatic amines is 1. The van der Waals surface area contributed by atoms with Crippen molar-refractivity contribution in [2.24, 2.45) is 0 Å². The first-order valence-electron chi connectivity index (χ1n) is 5.83. The van der Waals surface area contributed by atoms with E-state index in [1.165, 1.54) is 17.0 Å². The molecule has 0 amide bonds. The van der Waals surface area contributed by atoms with Crippen LogP contribution in [0.5, 0.6) is 0 Å². The van der Waals surface area contributed by atoms with Crippen LogP contribution in [0, 0.1) is 0 Å². The van der Waals surface area contributed by atoms with E-state index in [2.05, 4.69) is 15.1 Å². The minimum Gasteiger partial charge on any atom is -0.472 e. The highest BCUT2D eigenvalue weighted by Crippen LogP contribution is 2.22. The van der Waals surface area contributed by atoms with Crippen LogP contribution in [-0.2, 0) is 0 Å². The van der Waals surface area contributed by atoms with Gasteiger partial charge in [0.1, 0.15) is 6.26 Å². The predicted octanol–water partition coefficient (Wildman–Crippen LogP) is 2.48. The van der Waals surface area contributed by atoms with Gasteiger partial charge in [-0.25, -0.2) is 9.78 Å². The molecule has 0 fully saturated rings. The zero-order valence-electron chi connectivity index (χ0n) is 10.0. The Bertz CT molecular complexity index is 985. The Morgan fingerprint density at radius 1 is 1.30 bits per heavy atom. The van der Waals surface area contributed by atoms with Crippen molar-refractivity contribution in [1.29, 1.82) is 0 Å². The van der Waals surface area contributed by atoms with E-state index >= 15 is 0 Å². The molecule has 0 saturated heterocycles. The fraction of sp³-hybridized carbons (Fsp3) is 0. The molecule has 0 aliphatic rings. The molecule has 6 nitrogen and oxygen atoms in total. The maximum absolute atomic E-state index is 12.0. The Hall–Kier alpha value is -2.60. The second-order valence-electron chi connectivity index (χ2n) is 4.30. The SMILES string of the molecule is O=c1[nH]c2ccc(Cl)cc2c2nc(-c3ccoc3)nn12. The van der Waals surface area contributed by atoms with Gasteiger partial charge < -0.3 is 9.40 Å². The summed E-state index contributed by atoms with van der Waals surface area (Å²) in [6, 6.07) is 6.93. The zero-order valence-corrected chi connectivity index (χ0v) is 10.8. The third kappa shape index (κ3) is 1.55.